The molecular weight excluding hydrogens is 260 g/mol. The largest absolute Gasteiger partial charge is 0.365 e. The molecule has 0 aliphatic carbocycles. The molecule has 1 aliphatic heterocycles. The zero-order valence-electron chi connectivity index (χ0n) is 11.9. The number of hydrogen-bond acceptors (Lipinski definition) is 4. The molecule has 0 spiro atoms. The van der Waals surface area contributed by atoms with Gasteiger partial charge in [-0.25, -0.2) is 4.98 Å². The van der Waals surface area contributed by atoms with Gasteiger partial charge < -0.3 is 10.1 Å². The van der Waals surface area contributed by atoms with Gasteiger partial charge in [-0.3, -0.25) is 4.79 Å². The van der Waals surface area contributed by atoms with Gasteiger partial charge in [0.05, 0.1) is 10.7 Å². The van der Waals surface area contributed by atoms with Gasteiger partial charge in [0.15, 0.2) is 0 Å². The second-order valence-electron chi connectivity index (χ2n) is 5.29. The minimum atomic E-state index is -0.603. The van der Waals surface area contributed by atoms with Crippen molar-refractivity contribution in [1.29, 1.82) is 0 Å². The SMILES string of the molecule is Cc1nc(CCCNC(=O)[C@]2(C)CCCO2)sc1C. The predicted molar refractivity (Wildman–Crippen MR) is 76.5 cm³/mol. The molecule has 1 fully saturated rings. The fourth-order valence-corrected chi connectivity index (χ4v) is 3.21. The first kappa shape index (κ1) is 14.5. The Kier molecular flexibility index (Phi) is 4.58. The molecule has 1 aromatic rings. The van der Waals surface area contributed by atoms with E-state index in [9.17, 15) is 4.79 Å². The standard InChI is InChI=1S/C14H22N2O2S/c1-10-11(2)19-12(16-10)6-4-8-15-13(17)14(3)7-5-9-18-14/h4-9H2,1-3H3,(H,15,17)/t14-/m0/s1. The van der Waals surface area contributed by atoms with E-state index in [4.69, 9.17) is 4.74 Å². The number of carbonyl (C=O) groups is 1. The van der Waals surface area contributed by atoms with Crippen LogP contribution < -0.4 is 5.32 Å². The fraction of sp³-hybridized carbons (Fsp3) is 0.714. The highest BCUT2D eigenvalue weighted by Crippen LogP contribution is 2.25. The number of nitrogens with one attached hydrogen (secondary N) is 1. The number of amides is 1. The number of hydrogen-bond donors (Lipinski definition) is 1. The number of thiazole rings is 1. The van der Waals surface area contributed by atoms with Crippen molar-refractivity contribution in [2.24, 2.45) is 0 Å². The Hall–Kier alpha value is -0.940. The van der Waals surface area contributed by atoms with Gasteiger partial charge in [-0.15, -0.1) is 11.3 Å². The minimum Gasteiger partial charge on any atom is -0.365 e. The summed E-state index contributed by atoms with van der Waals surface area (Å²) >= 11 is 1.75. The Labute approximate surface area is 118 Å². The lowest BCUT2D eigenvalue weighted by Crippen LogP contribution is -2.44. The van der Waals surface area contributed by atoms with Gasteiger partial charge in [0.25, 0.3) is 5.91 Å². The van der Waals surface area contributed by atoms with Gasteiger partial charge in [0, 0.05) is 24.4 Å². The van der Waals surface area contributed by atoms with Crippen molar-refractivity contribution in [3.8, 4) is 0 Å². The summed E-state index contributed by atoms with van der Waals surface area (Å²) < 4.78 is 5.51. The third kappa shape index (κ3) is 3.54. The summed E-state index contributed by atoms with van der Waals surface area (Å²) in [6, 6.07) is 0. The van der Waals surface area contributed by atoms with Crippen molar-refractivity contribution in [2.75, 3.05) is 13.2 Å². The van der Waals surface area contributed by atoms with Crippen LogP contribution in [0.3, 0.4) is 0 Å². The van der Waals surface area contributed by atoms with Crippen LogP contribution in [0.2, 0.25) is 0 Å². The lowest BCUT2D eigenvalue weighted by atomic mass is 10.0. The molecule has 0 unspecified atom stereocenters. The second kappa shape index (κ2) is 6.01. The molecule has 1 saturated heterocycles. The van der Waals surface area contributed by atoms with Crippen LogP contribution in [-0.2, 0) is 16.0 Å². The fourth-order valence-electron chi connectivity index (χ4n) is 2.23. The average molecular weight is 282 g/mol. The Balaban J connectivity index is 1.70. The zero-order valence-corrected chi connectivity index (χ0v) is 12.7. The summed E-state index contributed by atoms with van der Waals surface area (Å²) in [7, 11) is 0. The molecule has 19 heavy (non-hydrogen) atoms. The van der Waals surface area contributed by atoms with Crippen molar-refractivity contribution in [2.45, 2.75) is 52.1 Å². The average Bonchev–Trinajstić information content (AvgIpc) is 2.93. The van der Waals surface area contributed by atoms with E-state index in [0.29, 0.717) is 13.2 Å². The normalized spacial score (nSPS) is 22.7. The highest BCUT2D eigenvalue weighted by atomic mass is 32.1. The van der Waals surface area contributed by atoms with E-state index in [1.165, 1.54) is 4.88 Å². The van der Waals surface area contributed by atoms with E-state index in [1.54, 1.807) is 11.3 Å². The summed E-state index contributed by atoms with van der Waals surface area (Å²) in [6.45, 7) is 7.39. The van der Waals surface area contributed by atoms with Crippen LogP contribution >= 0.6 is 11.3 Å². The quantitative estimate of drug-likeness (QED) is 0.844. The van der Waals surface area contributed by atoms with Gasteiger partial charge in [0.2, 0.25) is 0 Å². The van der Waals surface area contributed by atoms with Crippen molar-refractivity contribution >= 4 is 17.2 Å². The first-order valence-electron chi connectivity index (χ1n) is 6.86. The van der Waals surface area contributed by atoms with Crippen molar-refractivity contribution in [1.82, 2.24) is 10.3 Å². The number of ether oxygens (including phenoxy) is 1. The summed E-state index contributed by atoms with van der Waals surface area (Å²) in [5.74, 6) is 0.0245. The van der Waals surface area contributed by atoms with Crippen LogP contribution in [0.1, 0.15) is 41.8 Å². The second-order valence-corrected chi connectivity index (χ2v) is 6.58. The maximum absolute atomic E-state index is 12.0. The van der Waals surface area contributed by atoms with Crippen LogP contribution in [-0.4, -0.2) is 29.6 Å². The third-order valence-electron chi connectivity index (χ3n) is 3.62. The van der Waals surface area contributed by atoms with Crippen molar-refractivity contribution in [3.63, 3.8) is 0 Å². The highest BCUT2D eigenvalue weighted by molar-refractivity contribution is 7.11. The van der Waals surface area contributed by atoms with Crippen LogP contribution in [0.15, 0.2) is 0 Å². The van der Waals surface area contributed by atoms with Gasteiger partial charge in [-0.05, 0) is 40.0 Å². The van der Waals surface area contributed by atoms with Crippen molar-refractivity contribution < 1.29 is 9.53 Å². The first-order valence-corrected chi connectivity index (χ1v) is 7.68. The molecule has 2 rings (SSSR count). The van der Waals surface area contributed by atoms with E-state index in [1.807, 2.05) is 13.8 Å². The molecule has 1 atom stereocenters. The van der Waals surface area contributed by atoms with E-state index in [0.717, 1.165) is 36.4 Å². The molecule has 0 radical (unpaired) electrons. The topological polar surface area (TPSA) is 51.2 Å². The molecule has 1 aliphatic rings. The molecule has 1 aromatic heterocycles. The Bertz CT molecular complexity index is 431. The van der Waals surface area contributed by atoms with Gasteiger partial charge in [0.1, 0.15) is 5.60 Å². The van der Waals surface area contributed by atoms with E-state index < -0.39 is 5.60 Å². The molecule has 4 nitrogen and oxygen atoms in total. The molecule has 0 bridgehead atoms. The highest BCUT2D eigenvalue weighted by Gasteiger charge is 2.37. The molecule has 1 N–H and O–H groups in total. The zero-order chi connectivity index (χ0) is 13.9. The Morgan fingerprint density at radius 1 is 1.53 bits per heavy atom. The molecular formula is C14H22N2O2S. The Morgan fingerprint density at radius 2 is 2.32 bits per heavy atom. The summed E-state index contributed by atoms with van der Waals surface area (Å²) in [5.41, 5.74) is 0.518. The number of aromatic nitrogens is 1. The number of carbonyl (C=O) groups excluding carboxylic acids is 1. The molecule has 0 saturated carbocycles. The molecule has 5 heteroatoms. The van der Waals surface area contributed by atoms with Crippen LogP contribution in [0, 0.1) is 13.8 Å². The smallest absolute Gasteiger partial charge is 0.251 e. The maximum atomic E-state index is 12.0. The van der Waals surface area contributed by atoms with Crippen molar-refractivity contribution in [3.05, 3.63) is 15.6 Å². The maximum Gasteiger partial charge on any atom is 0.251 e. The number of aryl methyl sites for hydroxylation is 3. The summed E-state index contributed by atoms with van der Waals surface area (Å²) in [5, 5.41) is 4.13. The van der Waals surface area contributed by atoms with E-state index >= 15 is 0 Å². The van der Waals surface area contributed by atoms with Gasteiger partial charge in [-0.1, -0.05) is 0 Å². The van der Waals surface area contributed by atoms with Crippen LogP contribution in [0.4, 0.5) is 0 Å². The van der Waals surface area contributed by atoms with Crippen LogP contribution in [0.25, 0.3) is 0 Å². The Morgan fingerprint density at radius 3 is 2.89 bits per heavy atom. The molecule has 2 heterocycles. The van der Waals surface area contributed by atoms with Gasteiger partial charge in [-0.2, -0.15) is 0 Å². The predicted octanol–water partition coefficient (Wildman–Crippen LogP) is 2.38. The summed E-state index contributed by atoms with van der Waals surface area (Å²) in [4.78, 5) is 17.8. The molecule has 106 valence electrons. The monoisotopic (exact) mass is 282 g/mol. The van der Waals surface area contributed by atoms with E-state index in [2.05, 4.69) is 17.2 Å². The lowest BCUT2D eigenvalue weighted by Gasteiger charge is -2.21. The van der Waals surface area contributed by atoms with E-state index in [-0.39, 0.29) is 5.91 Å². The number of rotatable bonds is 5. The molecule has 1 amide bonds. The van der Waals surface area contributed by atoms with Crippen LogP contribution in [0.5, 0.6) is 0 Å². The lowest BCUT2D eigenvalue weighted by molar-refractivity contribution is -0.139. The first-order chi connectivity index (χ1) is 9.01. The summed E-state index contributed by atoms with van der Waals surface area (Å²) in [6.07, 6.45) is 3.65. The third-order valence-corrected chi connectivity index (χ3v) is 4.76. The number of nitrogens with zero attached hydrogens (tertiary/aromatic N) is 1. The molecule has 0 aromatic carbocycles. The minimum absolute atomic E-state index is 0.0245. The van der Waals surface area contributed by atoms with Gasteiger partial charge >= 0.3 is 0 Å².